The molecule has 0 heterocycles. The fourth-order valence-corrected chi connectivity index (χ4v) is 1.76. The van der Waals surface area contributed by atoms with E-state index in [0.717, 1.165) is 0 Å². The van der Waals surface area contributed by atoms with Gasteiger partial charge in [0, 0.05) is 6.42 Å². The van der Waals surface area contributed by atoms with Gasteiger partial charge < -0.3 is 0 Å². The van der Waals surface area contributed by atoms with Gasteiger partial charge in [-0.3, -0.25) is 0 Å². The quantitative estimate of drug-likeness (QED) is 0.657. The summed E-state index contributed by atoms with van der Waals surface area (Å²) in [6.07, 6.45) is 0.203. The van der Waals surface area contributed by atoms with Gasteiger partial charge in [0.1, 0.15) is 4.83 Å². The molecule has 0 aromatic heterocycles. The third kappa shape index (κ3) is 6.73. The van der Waals surface area contributed by atoms with Crippen LogP contribution in [0.4, 0.5) is 0 Å². The third-order valence-corrected chi connectivity index (χ3v) is 1.54. The molecule has 0 N–H and O–H groups in total. The molecule has 0 aromatic rings. The van der Waals surface area contributed by atoms with E-state index in [1.54, 1.807) is 0 Å². The van der Waals surface area contributed by atoms with Crippen molar-refractivity contribution in [1.82, 2.24) is 0 Å². The van der Waals surface area contributed by atoms with Crippen LogP contribution in [0.2, 0.25) is 0 Å². The summed E-state index contributed by atoms with van der Waals surface area (Å²) in [5.74, 6) is 0. The van der Waals surface area contributed by atoms with Crippen molar-refractivity contribution in [2.45, 2.75) is 15.0 Å². The molecule has 0 aliphatic heterocycles. The van der Waals surface area contributed by atoms with E-state index in [-0.39, 0.29) is 11.2 Å². The third-order valence-electron chi connectivity index (χ3n) is 0.551. The molecule has 0 aliphatic rings. The fraction of sp³-hybridized carbons (Fsp3) is 0.750. The van der Waals surface area contributed by atoms with Crippen LogP contribution in [0, 0.1) is 11.3 Å². The average Bonchev–Trinajstić information content (AvgIpc) is 1.62. The Hall–Kier alpha value is 0.840. The molecule has 0 bridgehead atoms. The number of hydrogen-bond acceptors (Lipinski definition) is 1. The number of alkyl halides is 4. The highest BCUT2D eigenvalue weighted by Crippen LogP contribution is 2.32. The van der Waals surface area contributed by atoms with E-state index in [1.807, 2.05) is 6.07 Å². The Labute approximate surface area is 77.0 Å². The Morgan fingerprint density at radius 2 is 2.00 bits per heavy atom. The first kappa shape index (κ1) is 9.84. The Kier molecular flexibility index (Phi) is 4.24. The maximum Gasteiger partial charge on any atom is 0.192 e. The molecule has 0 aromatic carbocycles. The Morgan fingerprint density at radius 1 is 1.56 bits per heavy atom. The summed E-state index contributed by atoms with van der Waals surface area (Å²) in [7, 11) is 0. The van der Waals surface area contributed by atoms with Gasteiger partial charge in [-0.05, 0) is 0 Å². The van der Waals surface area contributed by atoms with Crippen molar-refractivity contribution in [3.63, 3.8) is 0 Å². The van der Waals surface area contributed by atoms with E-state index >= 15 is 0 Å². The van der Waals surface area contributed by atoms with Crippen molar-refractivity contribution in [2.75, 3.05) is 0 Å². The lowest BCUT2D eigenvalue weighted by Crippen LogP contribution is -2.08. The van der Waals surface area contributed by atoms with E-state index in [1.165, 1.54) is 0 Å². The molecule has 52 valence electrons. The lowest BCUT2D eigenvalue weighted by molar-refractivity contribution is 0.913. The predicted octanol–water partition coefficient (Wildman–Crippen LogP) is 3.03. The lowest BCUT2D eigenvalue weighted by Gasteiger charge is -2.09. The second-order valence-electron chi connectivity index (χ2n) is 1.42. The standard InChI is InChI=1S/C4H3BrCl3N/c5-3(2-9)1-4(6,7)8/h3H,1H2. The number of nitrogens with zero attached hydrogens (tertiary/aromatic N) is 1. The molecule has 0 fully saturated rings. The highest BCUT2D eigenvalue weighted by atomic mass is 79.9. The van der Waals surface area contributed by atoms with E-state index in [0.29, 0.717) is 0 Å². The summed E-state index contributed by atoms with van der Waals surface area (Å²) >= 11 is 19.1. The highest BCUT2D eigenvalue weighted by molar-refractivity contribution is 9.09. The minimum Gasteiger partial charge on any atom is -0.197 e. The van der Waals surface area contributed by atoms with E-state index in [4.69, 9.17) is 40.1 Å². The van der Waals surface area contributed by atoms with Crippen molar-refractivity contribution in [2.24, 2.45) is 0 Å². The second-order valence-corrected chi connectivity index (χ2v) is 5.04. The molecule has 0 rings (SSSR count). The van der Waals surface area contributed by atoms with Crippen LogP contribution in [0.5, 0.6) is 0 Å². The number of rotatable bonds is 1. The molecule has 1 unspecified atom stereocenters. The van der Waals surface area contributed by atoms with Crippen LogP contribution < -0.4 is 0 Å². The molecule has 1 nitrogen and oxygen atoms in total. The highest BCUT2D eigenvalue weighted by Gasteiger charge is 2.23. The van der Waals surface area contributed by atoms with Gasteiger partial charge >= 0.3 is 0 Å². The molecule has 0 aliphatic carbocycles. The molecule has 9 heavy (non-hydrogen) atoms. The maximum atomic E-state index is 8.23. The van der Waals surface area contributed by atoms with Gasteiger partial charge in [0.25, 0.3) is 0 Å². The van der Waals surface area contributed by atoms with Crippen LogP contribution in [0.25, 0.3) is 0 Å². The molecule has 0 saturated carbocycles. The SMILES string of the molecule is N#CC(Br)CC(Cl)(Cl)Cl. The summed E-state index contributed by atoms with van der Waals surface area (Å²) < 4.78 is -1.33. The second kappa shape index (κ2) is 3.88. The van der Waals surface area contributed by atoms with E-state index in [2.05, 4.69) is 15.9 Å². The van der Waals surface area contributed by atoms with Crippen LogP contribution in [0.1, 0.15) is 6.42 Å². The smallest absolute Gasteiger partial charge is 0.192 e. The van der Waals surface area contributed by atoms with Gasteiger partial charge in [-0.2, -0.15) is 5.26 Å². The first-order valence-corrected chi connectivity index (χ1v) is 4.11. The normalized spacial score (nSPS) is 14.6. The van der Waals surface area contributed by atoms with Crippen molar-refractivity contribution in [3.8, 4) is 6.07 Å². The van der Waals surface area contributed by atoms with Gasteiger partial charge in [0.2, 0.25) is 0 Å². The summed E-state index contributed by atoms with van der Waals surface area (Å²) in [5, 5.41) is 8.23. The zero-order valence-corrected chi connectivity index (χ0v) is 8.10. The van der Waals surface area contributed by atoms with Crippen molar-refractivity contribution in [1.29, 1.82) is 5.26 Å². The first-order valence-electron chi connectivity index (χ1n) is 2.06. The van der Waals surface area contributed by atoms with Gasteiger partial charge in [-0.1, -0.05) is 50.7 Å². The maximum absolute atomic E-state index is 8.23. The largest absolute Gasteiger partial charge is 0.197 e. The van der Waals surface area contributed by atoms with Crippen LogP contribution in [0.3, 0.4) is 0 Å². The molecule has 0 amide bonds. The monoisotopic (exact) mass is 249 g/mol. The van der Waals surface area contributed by atoms with E-state index in [9.17, 15) is 0 Å². The molecule has 0 spiro atoms. The van der Waals surface area contributed by atoms with Gasteiger partial charge in [-0.25, -0.2) is 0 Å². The predicted molar refractivity (Wildman–Crippen MR) is 43.2 cm³/mol. The number of halogens is 4. The van der Waals surface area contributed by atoms with Gasteiger partial charge in [-0.15, -0.1) is 0 Å². The summed E-state index contributed by atoms with van der Waals surface area (Å²) in [4.78, 5) is -0.384. The molecular formula is C4H3BrCl3N. The Bertz CT molecular complexity index is 125. The van der Waals surface area contributed by atoms with Crippen LogP contribution in [-0.2, 0) is 0 Å². The number of nitriles is 1. The molecule has 5 heteroatoms. The average molecular weight is 251 g/mol. The molecule has 0 saturated heterocycles. The Morgan fingerprint density at radius 3 is 2.11 bits per heavy atom. The zero-order chi connectivity index (χ0) is 7.49. The van der Waals surface area contributed by atoms with Crippen molar-refractivity contribution < 1.29 is 0 Å². The van der Waals surface area contributed by atoms with Crippen LogP contribution in [-0.4, -0.2) is 8.62 Å². The summed E-state index contributed by atoms with van der Waals surface area (Å²) in [6.45, 7) is 0. The zero-order valence-electron chi connectivity index (χ0n) is 4.24. The van der Waals surface area contributed by atoms with E-state index < -0.39 is 3.79 Å². The van der Waals surface area contributed by atoms with Crippen LogP contribution in [0.15, 0.2) is 0 Å². The summed E-state index contributed by atoms with van der Waals surface area (Å²) in [5.41, 5.74) is 0. The fourth-order valence-electron chi connectivity index (χ4n) is 0.249. The minimum atomic E-state index is -1.33. The summed E-state index contributed by atoms with van der Waals surface area (Å²) in [6, 6.07) is 1.88. The lowest BCUT2D eigenvalue weighted by atomic mass is 10.4. The van der Waals surface area contributed by atoms with Crippen LogP contribution >= 0.6 is 50.7 Å². The first-order chi connectivity index (χ1) is 3.95. The van der Waals surface area contributed by atoms with Crippen molar-refractivity contribution in [3.05, 3.63) is 0 Å². The Balaban J connectivity index is 3.63. The van der Waals surface area contributed by atoms with Crippen molar-refractivity contribution >= 4 is 50.7 Å². The molecule has 0 radical (unpaired) electrons. The number of hydrogen-bond donors (Lipinski definition) is 0. The van der Waals surface area contributed by atoms with Gasteiger partial charge in [0.05, 0.1) is 6.07 Å². The molecular weight excluding hydrogens is 248 g/mol. The minimum absolute atomic E-state index is 0.203. The topological polar surface area (TPSA) is 23.8 Å². The van der Waals surface area contributed by atoms with Gasteiger partial charge in [0.15, 0.2) is 3.79 Å². The molecule has 1 atom stereocenters.